The summed E-state index contributed by atoms with van der Waals surface area (Å²) >= 11 is 3.00. The van der Waals surface area contributed by atoms with Gasteiger partial charge in [0.1, 0.15) is 0 Å². The van der Waals surface area contributed by atoms with Crippen LogP contribution in [0, 0.1) is 10.1 Å². The van der Waals surface area contributed by atoms with Gasteiger partial charge in [0, 0.05) is 6.07 Å². The van der Waals surface area contributed by atoms with Gasteiger partial charge in [0.25, 0.3) is 5.69 Å². The van der Waals surface area contributed by atoms with E-state index in [1.54, 1.807) is 0 Å². The number of nitro benzene ring substituents is 1. The summed E-state index contributed by atoms with van der Waals surface area (Å²) in [6.45, 7) is 0. The lowest BCUT2D eigenvalue weighted by atomic mass is 10.3. The lowest BCUT2D eigenvalue weighted by Crippen LogP contribution is -1.88. The van der Waals surface area contributed by atoms with Gasteiger partial charge < -0.3 is 0 Å². The highest BCUT2D eigenvalue weighted by atomic mass is 79.9. The molecule has 0 unspecified atom stereocenters. The van der Waals surface area contributed by atoms with Gasteiger partial charge in [-0.15, -0.1) is 0 Å². The minimum absolute atomic E-state index is 0.128. The molecule has 0 aromatic heterocycles. The molecule has 1 aromatic rings. The smallest absolute Gasteiger partial charge is 0.258 e. The number of nitro groups is 1. The summed E-state index contributed by atoms with van der Waals surface area (Å²) in [5.74, 6) is 0. The Bertz CT molecular complexity index is 399. The summed E-state index contributed by atoms with van der Waals surface area (Å²) in [5.41, 5.74) is 0.0846. The standard InChI is InChI=1S/C7H3BrN2O3/c8-6-2-1-5(9-4-11)3-7(6)10(12)13/h1-3H. The van der Waals surface area contributed by atoms with E-state index in [0.717, 1.165) is 0 Å². The van der Waals surface area contributed by atoms with E-state index >= 15 is 0 Å². The number of hydrogen-bond acceptors (Lipinski definition) is 4. The molecule has 0 amide bonds. The maximum absolute atomic E-state index is 10.4. The van der Waals surface area contributed by atoms with E-state index in [-0.39, 0.29) is 11.4 Å². The summed E-state index contributed by atoms with van der Waals surface area (Å²) in [5, 5.41) is 10.4. The average molecular weight is 243 g/mol. The van der Waals surface area contributed by atoms with E-state index in [0.29, 0.717) is 4.47 Å². The predicted octanol–water partition coefficient (Wildman–Crippen LogP) is 2.32. The molecule has 13 heavy (non-hydrogen) atoms. The molecule has 0 heterocycles. The van der Waals surface area contributed by atoms with Gasteiger partial charge in [0.2, 0.25) is 6.08 Å². The van der Waals surface area contributed by atoms with E-state index in [4.69, 9.17) is 0 Å². The summed E-state index contributed by atoms with van der Waals surface area (Å²) in [7, 11) is 0. The van der Waals surface area contributed by atoms with Crippen molar-refractivity contribution in [3.8, 4) is 0 Å². The highest BCUT2D eigenvalue weighted by molar-refractivity contribution is 9.10. The number of benzene rings is 1. The number of hydrogen-bond donors (Lipinski definition) is 0. The van der Waals surface area contributed by atoms with Gasteiger partial charge >= 0.3 is 0 Å². The summed E-state index contributed by atoms with van der Waals surface area (Å²) < 4.78 is 0.349. The minimum Gasteiger partial charge on any atom is -0.258 e. The number of aliphatic imine (C=N–C) groups is 1. The Kier molecular flexibility index (Phi) is 2.89. The number of carbonyl (C=O) groups excluding carboxylic acids is 1. The van der Waals surface area contributed by atoms with Crippen LogP contribution in [0.5, 0.6) is 0 Å². The number of rotatable bonds is 2. The van der Waals surface area contributed by atoms with Gasteiger partial charge in [-0.1, -0.05) is 0 Å². The van der Waals surface area contributed by atoms with Crippen LogP contribution in [0.1, 0.15) is 0 Å². The normalized spacial score (nSPS) is 9.00. The van der Waals surface area contributed by atoms with Crippen molar-refractivity contribution in [2.45, 2.75) is 0 Å². The second kappa shape index (κ2) is 3.93. The molecule has 0 radical (unpaired) electrons. The van der Waals surface area contributed by atoms with Gasteiger partial charge in [0.05, 0.1) is 15.1 Å². The van der Waals surface area contributed by atoms with Crippen LogP contribution in [0.3, 0.4) is 0 Å². The van der Waals surface area contributed by atoms with Gasteiger partial charge in [-0.25, -0.2) is 4.79 Å². The summed E-state index contributed by atoms with van der Waals surface area (Å²) in [6.07, 6.45) is 1.31. The van der Waals surface area contributed by atoms with Crippen molar-refractivity contribution in [2.24, 2.45) is 4.99 Å². The van der Waals surface area contributed by atoms with Crippen LogP contribution >= 0.6 is 15.9 Å². The SMILES string of the molecule is O=C=Nc1ccc(Br)c([N+](=O)[O-])c1. The number of nitrogens with zero attached hydrogens (tertiary/aromatic N) is 2. The predicted molar refractivity (Wildman–Crippen MR) is 48.6 cm³/mol. The van der Waals surface area contributed by atoms with Crippen molar-refractivity contribution >= 4 is 33.4 Å². The molecular weight excluding hydrogens is 240 g/mol. The van der Waals surface area contributed by atoms with Crippen LogP contribution in [-0.4, -0.2) is 11.0 Å². The molecule has 0 fully saturated rings. The van der Waals surface area contributed by atoms with Crippen molar-refractivity contribution < 1.29 is 9.72 Å². The minimum atomic E-state index is -0.562. The number of halogens is 1. The van der Waals surface area contributed by atoms with Crippen LogP contribution in [0.2, 0.25) is 0 Å². The second-order valence-electron chi connectivity index (χ2n) is 2.10. The molecule has 6 heteroatoms. The average Bonchev–Trinajstić information content (AvgIpc) is 2.08. The lowest BCUT2D eigenvalue weighted by molar-refractivity contribution is -0.385. The largest absolute Gasteiger partial charge is 0.285 e. The Hall–Kier alpha value is -1.52. The zero-order valence-electron chi connectivity index (χ0n) is 6.23. The second-order valence-corrected chi connectivity index (χ2v) is 2.95. The molecule has 66 valence electrons. The van der Waals surface area contributed by atoms with E-state index in [2.05, 4.69) is 20.9 Å². The van der Waals surface area contributed by atoms with Crippen molar-refractivity contribution in [3.63, 3.8) is 0 Å². The van der Waals surface area contributed by atoms with Crippen molar-refractivity contribution in [2.75, 3.05) is 0 Å². The molecule has 5 nitrogen and oxygen atoms in total. The topological polar surface area (TPSA) is 72.6 Å². The third kappa shape index (κ3) is 2.21. The van der Waals surface area contributed by atoms with Crippen LogP contribution < -0.4 is 0 Å². The third-order valence-corrected chi connectivity index (χ3v) is 1.97. The maximum atomic E-state index is 10.4. The monoisotopic (exact) mass is 242 g/mol. The van der Waals surface area contributed by atoms with Crippen LogP contribution in [0.25, 0.3) is 0 Å². The first-order valence-corrected chi connectivity index (χ1v) is 3.96. The molecule has 0 N–H and O–H groups in total. The van der Waals surface area contributed by atoms with E-state index in [1.807, 2.05) is 0 Å². The Balaban J connectivity index is 3.26. The molecule has 0 atom stereocenters. The Morgan fingerprint density at radius 3 is 2.77 bits per heavy atom. The highest BCUT2D eigenvalue weighted by Crippen LogP contribution is 2.28. The fourth-order valence-electron chi connectivity index (χ4n) is 0.763. The Morgan fingerprint density at radius 2 is 2.23 bits per heavy atom. The van der Waals surface area contributed by atoms with Crippen LogP contribution in [0.15, 0.2) is 27.7 Å². The van der Waals surface area contributed by atoms with Crippen molar-refractivity contribution in [1.82, 2.24) is 0 Å². The Morgan fingerprint density at radius 1 is 1.54 bits per heavy atom. The van der Waals surface area contributed by atoms with Crippen LogP contribution in [-0.2, 0) is 4.79 Å². The molecule has 0 spiro atoms. The van der Waals surface area contributed by atoms with E-state index in [9.17, 15) is 14.9 Å². The molecule has 0 saturated heterocycles. The summed E-state index contributed by atoms with van der Waals surface area (Å²) in [4.78, 5) is 23.0. The lowest BCUT2D eigenvalue weighted by Gasteiger charge is -1.94. The molecule has 0 saturated carbocycles. The third-order valence-electron chi connectivity index (χ3n) is 1.30. The van der Waals surface area contributed by atoms with Crippen molar-refractivity contribution in [3.05, 3.63) is 32.8 Å². The highest BCUT2D eigenvalue weighted by Gasteiger charge is 2.11. The molecule has 0 aliphatic carbocycles. The molecule has 0 bridgehead atoms. The first-order valence-electron chi connectivity index (χ1n) is 3.17. The van der Waals surface area contributed by atoms with E-state index in [1.165, 1.54) is 24.3 Å². The maximum Gasteiger partial charge on any atom is 0.285 e. The summed E-state index contributed by atoms with van der Waals surface area (Å²) in [6, 6.07) is 4.12. The quantitative estimate of drug-likeness (QED) is 0.346. The molecular formula is C7H3BrN2O3. The molecule has 1 rings (SSSR count). The van der Waals surface area contributed by atoms with Crippen molar-refractivity contribution in [1.29, 1.82) is 0 Å². The zero-order valence-corrected chi connectivity index (χ0v) is 7.82. The molecule has 0 aliphatic heterocycles. The number of isocyanates is 1. The molecule has 0 aliphatic rings. The van der Waals surface area contributed by atoms with Gasteiger partial charge in [-0.3, -0.25) is 10.1 Å². The van der Waals surface area contributed by atoms with Gasteiger partial charge in [0.15, 0.2) is 0 Å². The van der Waals surface area contributed by atoms with Gasteiger partial charge in [-0.2, -0.15) is 4.99 Å². The van der Waals surface area contributed by atoms with Gasteiger partial charge in [-0.05, 0) is 28.1 Å². The van der Waals surface area contributed by atoms with Crippen LogP contribution in [0.4, 0.5) is 11.4 Å². The first-order chi connectivity index (χ1) is 6.15. The fraction of sp³-hybridized carbons (Fsp3) is 0. The fourth-order valence-corrected chi connectivity index (χ4v) is 1.15. The molecule has 1 aromatic carbocycles. The van der Waals surface area contributed by atoms with E-state index < -0.39 is 4.92 Å². The first kappa shape index (κ1) is 9.57. The zero-order chi connectivity index (χ0) is 9.84. The Labute approximate surface area is 81.4 Å².